The van der Waals surface area contributed by atoms with Crippen molar-refractivity contribution in [2.75, 3.05) is 13.1 Å². The summed E-state index contributed by atoms with van der Waals surface area (Å²) in [7, 11) is 0. The Morgan fingerprint density at radius 1 is 1.00 bits per heavy atom. The first-order chi connectivity index (χ1) is 7.90. The molecule has 0 aromatic rings. The summed E-state index contributed by atoms with van der Waals surface area (Å²) in [6, 6.07) is 1.63. The van der Waals surface area contributed by atoms with E-state index < -0.39 is 0 Å². The fourth-order valence-corrected chi connectivity index (χ4v) is 4.15. The highest BCUT2D eigenvalue weighted by molar-refractivity contribution is 4.96. The zero-order valence-corrected chi connectivity index (χ0v) is 10.4. The van der Waals surface area contributed by atoms with Crippen molar-refractivity contribution in [2.24, 2.45) is 17.6 Å². The van der Waals surface area contributed by atoms with Crippen LogP contribution in [-0.2, 0) is 0 Å². The Bertz CT molecular complexity index is 231. The molecule has 3 fully saturated rings. The largest absolute Gasteiger partial charge is 0.329 e. The van der Waals surface area contributed by atoms with Crippen LogP contribution in [0.4, 0.5) is 0 Å². The summed E-state index contributed by atoms with van der Waals surface area (Å²) in [5.41, 5.74) is 6.01. The molecule has 2 unspecified atom stereocenters. The average molecular weight is 222 g/mol. The molecule has 3 aliphatic rings. The number of hydrogen-bond acceptors (Lipinski definition) is 2. The number of rotatable bonds is 4. The Morgan fingerprint density at radius 2 is 1.75 bits per heavy atom. The van der Waals surface area contributed by atoms with Crippen LogP contribution in [0.5, 0.6) is 0 Å². The summed E-state index contributed by atoms with van der Waals surface area (Å²) in [6.07, 6.45) is 11.7. The van der Waals surface area contributed by atoms with Gasteiger partial charge in [0.05, 0.1) is 0 Å². The zero-order valence-electron chi connectivity index (χ0n) is 10.4. The molecule has 2 heteroatoms. The van der Waals surface area contributed by atoms with Crippen molar-refractivity contribution in [1.82, 2.24) is 4.90 Å². The van der Waals surface area contributed by atoms with Crippen molar-refractivity contribution < 1.29 is 0 Å². The molecule has 2 N–H and O–H groups in total. The maximum Gasteiger partial charge on any atom is 0.0249 e. The van der Waals surface area contributed by atoms with Gasteiger partial charge in [-0.15, -0.1) is 0 Å². The van der Waals surface area contributed by atoms with Crippen molar-refractivity contribution in [3.63, 3.8) is 0 Å². The van der Waals surface area contributed by atoms with Crippen LogP contribution in [0.3, 0.4) is 0 Å². The third-order valence-electron chi connectivity index (χ3n) is 5.12. The van der Waals surface area contributed by atoms with E-state index in [2.05, 4.69) is 4.90 Å². The van der Waals surface area contributed by atoms with Crippen LogP contribution in [-0.4, -0.2) is 30.1 Å². The lowest BCUT2D eigenvalue weighted by atomic mass is 9.94. The molecule has 2 atom stereocenters. The monoisotopic (exact) mass is 222 g/mol. The molecule has 0 aromatic heterocycles. The summed E-state index contributed by atoms with van der Waals surface area (Å²) in [4.78, 5) is 2.81. The number of nitrogens with two attached hydrogens (primary N) is 1. The topological polar surface area (TPSA) is 29.3 Å². The lowest BCUT2D eigenvalue weighted by molar-refractivity contribution is 0.124. The van der Waals surface area contributed by atoms with E-state index in [9.17, 15) is 0 Å². The van der Waals surface area contributed by atoms with Gasteiger partial charge in [0.2, 0.25) is 0 Å². The molecular weight excluding hydrogens is 196 g/mol. The molecule has 16 heavy (non-hydrogen) atoms. The first-order valence-electron chi connectivity index (χ1n) is 7.36. The van der Waals surface area contributed by atoms with E-state index >= 15 is 0 Å². The molecule has 1 heterocycles. The third kappa shape index (κ3) is 2.02. The Morgan fingerprint density at radius 3 is 2.38 bits per heavy atom. The highest BCUT2D eigenvalue weighted by atomic mass is 15.2. The predicted octanol–water partition coefficient (Wildman–Crippen LogP) is 2.38. The fraction of sp³-hybridized carbons (Fsp3) is 1.00. The third-order valence-corrected chi connectivity index (χ3v) is 5.12. The average Bonchev–Trinajstić information content (AvgIpc) is 2.83. The van der Waals surface area contributed by atoms with Crippen molar-refractivity contribution >= 4 is 0 Å². The van der Waals surface area contributed by atoms with Crippen LogP contribution in [0.25, 0.3) is 0 Å². The zero-order chi connectivity index (χ0) is 11.0. The van der Waals surface area contributed by atoms with E-state index in [0.717, 1.165) is 30.5 Å². The molecule has 2 nitrogen and oxygen atoms in total. The van der Waals surface area contributed by atoms with Gasteiger partial charge < -0.3 is 5.73 Å². The number of nitrogens with zero attached hydrogens (tertiary/aromatic N) is 1. The molecule has 0 spiro atoms. The van der Waals surface area contributed by atoms with E-state index in [-0.39, 0.29) is 0 Å². The van der Waals surface area contributed by atoms with Gasteiger partial charge in [-0.25, -0.2) is 0 Å². The molecule has 0 aromatic carbocycles. The van der Waals surface area contributed by atoms with Gasteiger partial charge in [0.1, 0.15) is 0 Å². The van der Waals surface area contributed by atoms with Crippen LogP contribution >= 0.6 is 0 Å². The molecule has 2 saturated carbocycles. The van der Waals surface area contributed by atoms with Gasteiger partial charge in [-0.1, -0.05) is 12.8 Å². The minimum Gasteiger partial charge on any atom is -0.329 e. The second-order valence-electron chi connectivity index (χ2n) is 6.13. The lowest BCUT2D eigenvalue weighted by Crippen LogP contribution is -2.47. The second kappa shape index (κ2) is 4.66. The minimum absolute atomic E-state index is 0.730. The molecule has 0 amide bonds. The van der Waals surface area contributed by atoms with E-state index in [4.69, 9.17) is 5.73 Å². The Hall–Kier alpha value is -0.0800. The van der Waals surface area contributed by atoms with Crippen molar-refractivity contribution in [3.8, 4) is 0 Å². The Labute approximate surface area is 99.6 Å². The quantitative estimate of drug-likeness (QED) is 0.791. The van der Waals surface area contributed by atoms with E-state index in [0.29, 0.717) is 0 Å². The number of hydrogen-bond donors (Lipinski definition) is 1. The molecule has 1 saturated heterocycles. The van der Waals surface area contributed by atoms with E-state index in [1.165, 1.54) is 57.9 Å². The number of likely N-dealkylation sites (tertiary alicyclic amines) is 1. The van der Waals surface area contributed by atoms with Crippen molar-refractivity contribution in [2.45, 2.75) is 63.5 Å². The predicted molar refractivity (Wildman–Crippen MR) is 67.3 cm³/mol. The van der Waals surface area contributed by atoms with Gasteiger partial charge in [-0.3, -0.25) is 4.90 Å². The SMILES string of the molecule is NCC(C1CC1)N1CCCC1C1CCCC1. The van der Waals surface area contributed by atoms with E-state index in [1.54, 1.807) is 0 Å². The van der Waals surface area contributed by atoms with Gasteiger partial charge in [0.25, 0.3) is 0 Å². The normalized spacial score (nSPS) is 34.7. The molecule has 0 bridgehead atoms. The smallest absolute Gasteiger partial charge is 0.0249 e. The van der Waals surface area contributed by atoms with Crippen LogP contribution < -0.4 is 5.73 Å². The summed E-state index contributed by atoms with van der Waals surface area (Å²) in [6.45, 7) is 2.23. The first-order valence-corrected chi connectivity index (χ1v) is 7.36. The summed E-state index contributed by atoms with van der Waals surface area (Å²) in [5, 5.41) is 0. The molecule has 1 aliphatic heterocycles. The lowest BCUT2D eigenvalue weighted by Gasteiger charge is -2.35. The van der Waals surface area contributed by atoms with Gasteiger partial charge in [0, 0.05) is 18.6 Å². The summed E-state index contributed by atoms with van der Waals surface area (Å²) < 4.78 is 0. The van der Waals surface area contributed by atoms with Crippen LogP contribution in [0.1, 0.15) is 51.4 Å². The van der Waals surface area contributed by atoms with Crippen molar-refractivity contribution in [1.29, 1.82) is 0 Å². The molecule has 3 rings (SSSR count). The van der Waals surface area contributed by atoms with Gasteiger partial charge >= 0.3 is 0 Å². The van der Waals surface area contributed by atoms with Crippen LogP contribution in [0.15, 0.2) is 0 Å². The Balaban J connectivity index is 1.67. The summed E-state index contributed by atoms with van der Waals surface area (Å²) >= 11 is 0. The van der Waals surface area contributed by atoms with Crippen LogP contribution in [0.2, 0.25) is 0 Å². The standard InChI is InChI=1S/C14H26N2/c15-10-14(12-7-8-12)16-9-3-6-13(16)11-4-1-2-5-11/h11-14H,1-10,15H2. The highest BCUT2D eigenvalue weighted by Gasteiger charge is 2.41. The highest BCUT2D eigenvalue weighted by Crippen LogP contribution is 2.41. The molecule has 92 valence electrons. The maximum absolute atomic E-state index is 6.01. The first kappa shape index (κ1) is 11.0. The van der Waals surface area contributed by atoms with Gasteiger partial charge in [0.15, 0.2) is 0 Å². The van der Waals surface area contributed by atoms with Crippen LogP contribution in [0, 0.1) is 11.8 Å². The van der Waals surface area contributed by atoms with Gasteiger partial charge in [-0.2, -0.15) is 0 Å². The Kier molecular flexibility index (Phi) is 3.21. The second-order valence-corrected chi connectivity index (χ2v) is 6.13. The molecule has 0 radical (unpaired) electrons. The minimum atomic E-state index is 0.730. The van der Waals surface area contributed by atoms with Crippen molar-refractivity contribution in [3.05, 3.63) is 0 Å². The van der Waals surface area contributed by atoms with E-state index in [1.807, 2.05) is 0 Å². The fourth-order valence-electron chi connectivity index (χ4n) is 4.15. The molecular formula is C14H26N2. The summed E-state index contributed by atoms with van der Waals surface area (Å²) in [5.74, 6) is 1.96. The molecule has 2 aliphatic carbocycles. The van der Waals surface area contributed by atoms with Gasteiger partial charge in [-0.05, 0) is 56.9 Å². The maximum atomic E-state index is 6.01.